The highest BCUT2D eigenvalue weighted by Gasteiger charge is 2.37. The molecule has 0 radical (unpaired) electrons. The van der Waals surface area contributed by atoms with E-state index in [0.29, 0.717) is 24.7 Å². The lowest BCUT2D eigenvalue weighted by molar-refractivity contribution is -0.135. The molecule has 1 aliphatic rings. The SMILES string of the molecule is Cc1cc(N2CC(C(=O)N(C)Cc3ccccc3)CC2=O)no1. The largest absolute Gasteiger partial charge is 0.360 e. The van der Waals surface area contributed by atoms with E-state index in [1.807, 2.05) is 30.3 Å². The smallest absolute Gasteiger partial charge is 0.229 e. The summed E-state index contributed by atoms with van der Waals surface area (Å²) in [5.41, 5.74) is 1.07. The van der Waals surface area contributed by atoms with Crippen LogP contribution in [0.25, 0.3) is 0 Å². The summed E-state index contributed by atoms with van der Waals surface area (Å²) in [5.74, 6) is 0.667. The minimum atomic E-state index is -0.340. The minimum absolute atomic E-state index is 0.0232. The Bertz CT molecular complexity index is 711. The summed E-state index contributed by atoms with van der Waals surface area (Å²) in [4.78, 5) is 27.9. The number of rotatable bonds is 4. The Hall–Kier alpha value is -2.63. The number of hydrogen-bond donors (Lipinski definition) is 0. The third-order valence-corrected chi connectivity index (χ3v) is 4.01. The molecule has 1 atom stereocenters. The van der Waals surface area contributed by atoms with Crippen molar-refractivity contribution in [1.82, 2.24) is 10.1 Å². The van der Waals surface area contributed by atoms with Gasteiger partial charge in [0, 0.05) is 32.6 Å². The predicted octanol–water partition coefficient (Wildman–Crippen LogP) is 1.99. The minimum Gasteiger partial charge on any atom is -0.360 e. The summed E-state index contributed by atoms with van der Waals surface area (Å²) in [6.07, 6.45) is 0.212. The van der Waals surface area contributed by atoms with Crippen LogP contribution in [0, 0.1) is 12.8 Å². The van der Waals surface area contributed by atoms with Crippen molar-refractivity contribution in [1.29, 1.82) is 0 Å². The average molecular weight is 313 g/mol. The van der Waals surface area contributed by atoms with E-state index >= 15 is 0 Å². The van der Waals surface area contributed by atoms with E-state index in [1.54, 1.807) is 24.9 Å². The molecular formula is C17H19N3O3. The topological polar surface area (TPSA) is 66.7 Å². The number of anilines is 1. The van der Waals surface area contributed by atoms with Crippen molar-refractivity contribution in [2.45, 2.75) is 19.9 Å². The molecular weight excluding hydrogens is 294 g/mol. The third-order valence-electron chi connectivity index (χ3n) is 4.01. The van der Waals surface area contributed by atoms with Gasteiger partial charge in [0.15, 0.2) is 5.82 Å². The van der Waals surface area contributed by atoms with E-state index in [-0.39, 0.29) is 24.2 Å². The fourth-order valence-electron chi connectivity index (χ4n) is 2.82. The number of aromatic nitrogens is 1. The molecule has 0 spiro atoms. The van der Waals surface area contributed by atoms with E-state index in [2.05, 4.69) is 5.16 Å². The van der Waals surface area contributed by atoms with E-state index < -0.39 is 0 Å². The molecule has 1 fully saturated rings. The van der Waals surface area contributed by atoms with Gasteiger partial charge in [-0.25, -0.2) is 0 Å². The molecule has 0 N–H and O–H groups in total. The zero-order valence-electron chi connectivity index (χ0n) is 13.2. The van der Waals surface area contributed by atoms with E-state index in [1.165, 1.54) is 4.90 Å². The number of carbonyl (C=O) groups excluding carboxylic acids is 2. The number of nitrogens with zero attached hydrogens (tertiary/aromatic N) is 3. The first kappa shape index (κ1) is 15.3. The molecule has 3 rings (SSSR count). The Labute approximate surface area is 134 Å². The standard InChI is InChI=1S/C17H19N3O3/c1-12-8-15(18-23-12)20-11-14(9-16(20)21)17(22)19(2)10-13-6-4-3-5-7-13/h3-8,14H,9-11H2,1-2H3. The van der Waals surface area contributed by atoms with Gasteiger partial charge >= 0.3 is 0 Å². The fourth-order valence-corrected chi connectivity index (χ4v) is 2.82. The molecule has 1 aliphatic heterocycles. The lowest BCUT2D eigenvalue weighted by Gasteiger charge is -2.21. The molecule has 2 heterocycles. The van der Waals surface area contributed by atoms with Gasteiger partial charge in [0.05, 0.1) is 5.92 Å². The predicted molar refractivity (Wildman–Crippen MR) is 84.6 cm³/mol. The van der Waals surface area contributed by atoms with Crippen molar-refractivity contribution in [3.05, 3.63) is 47.7 Å². The first-order valence-electron chi connectivity index (χ1n) is 7.57. The first-order valence-corrected chi connectivity index (χ1v) is 7.57. The number of amides is 2. The summed E-state index contributed by atoms with van der Waals surface area (Å²) in [6, 6.07) is 11.5. The second-order valence-corrected chi connectivity index (χ2v) is 5.88. The summed E-state index contributed by atoms with van der Waals surface area (Å²) in [6.45, 7) is 2.66. The van der Waals surface area contributed by atoms with Gasteiger partial charge in [-0.1, -0.05) is 35.5 Å². The van der Waals surface area contributed by atoms with Crippen LogP contribution in [0.4, 0.5) is 5.82 Å². The molecule has 1 saturated heterocycles. The maximum Gasteiger partial charge on any atom is 0.229 e. The molecule has 120 valence electrons. The Morgan fingerprint density at radius 3 is 2.78 bits per heavy atom. The monoisotopic (exact) mass is 313 g/mol. The number of hydrogen-bond acceptors (Lipinski definition) is 4. The van der Waals surface area contributed by atoms with Crippen LogP contribution >= 0.6 is 0 Å². The van der Waals surface area contributed by atoms with Crippen molar-refractivity contribution in [3.63, 3.8) is 0 Å². The normalized spacial score (nSPS) is 17.6. The van der Waals surface area contributed by atoms with Gasteiger partial charge in [-0.2, -0.15) is 0 Å². The number of aryl methyl sites for hydroxylation is 1. The van der Waals surface area contributed by atoms with Crippen molar-refractivity contribution in [3.8, 4) is 0 Å². The number of carbonyl (C=O) groups is 2. The number of benzene rings is 1. The van der Waals surface area contributed by atoms with Crippen molar-refractivity contribution >= 4 is 17.6 Å². The molecule has 2 amide bonds. The molecule has 1 unspecified atom stereocenters. The van der Waals surface area contributed by atoms with E-state index in [0.717, 1.165) is 5.56 Å². The van der Waals surface area contributed by atoms with Gasteiger partial charge in [0.25, 0.3) is 0 Å². The summed E-state index contributed by atoms with van der Waals surface area (Å²) >= 11 is 0. The quantitative estimate of drug-likeness (QED) is 0.866. The fraction of sp³-hybridized carbons (Fsp3) is 0.353. The third kappa shape index (κ3) is 3.26. The van der Waals surface area contributed by atoms with Gasteiger partial charge in [0.2, 0.25) is 11.8 Å². The van der Waals surface area contributed by atoms with Crippen LogP contribution in [-0.4, -0.2) is 35.5 Å². The van der Waals surface area contributed by atoms with Gasteiger partial charge in [-0.05, 0) is 12.5 Å². The molecule has 6 nitrogen and oxygen atoms in total. The summed E-state index contributed by atoms with van der Waals surface area (Å²) < 4.78 is 5.01. The maximum absolute atomic E-state index is 12.6. The van der Waals surface area contributed by atoms with Crippen LogP contribution < -0.4 is 4.90 Å². The Balaban J connectivity index is 1.65. The highest BCUT2D eigenvalue weighted by Crippen LogP contribution is 2.26. The Morgan fingerprint density at radius 2 is 2.13 bits per heavy atom. The second kappa shape index (κ2) is 6.24. The lowest BCUT2D eigenvalue weighted by Crippen LogP contribution is -2.34. The molecule has 0 aliphatic carbocycles. The summed E-state index contributed by atoms with van der Waals surface area (Å²) in [7, 11) is 1.77. The Morgan fingerprint density at radius 1 is 1.39 bits per heavy atom. The zero-order valence-corrected chi connectivity index (χ0v) is 13.2. The summed E-state index contributed by atoms with van der Waals surface area (Å²) in [5, 5.41) is 3.86. The van der Waals surface area contributed by atoms with Gasteiger partial charge < -0.3 is 9.42 Å². The van der Waals surface area contributed by atoms with Gasteiger partial charge in [-0.15, -0.1) is 0 Å². The van der Waals surface area contributed by atoms with Crippen molar-refractivity contribution in [2.24, 2.45) is 5.92 Å². The molecule has 23 heavy (non-hydrogen) atoms. The van der Waals surface area contributed by atoms with Crippen LogP contribution in [0.1, 0.15) is 17.7 Å². The highest BCUT2D eigenvalue weighted by atomic mass is 16.5. The van der Waals surface area contributed by atoms with Crippen LogP contribution in [0.15, 0.2) is 40.9 Å². The van der Waals surface area contributed by atoms with Crippen LogP contribution in [0.3, 0.4) is 0 Å². The van der Waals surface area contributed by atoms with Crippen LogP contribution in [-0.2, 0) is 16.1 Å². The molecule has 0 bridgehead atoms. The second-order valence-electron chi connectivity index (χ2n) is 5.88. The molecule has 6 heteroatoms. The maximum atomic E-state index is 12.6. The molecule has 0 saturated carbocycles. The first-order chi connectivity index (χ1) is 11.0. The highest BCUT2D eigenvalue weighted by molar-refractivity contribution is 5.99. The van der Waals surface area contributed by atoms with Gasteiger partial charge in [0.1, 0.15) is 5.76 Å². The lowest BCUT2D eigenvalue weighted by atomic mass is 10.1. The van der Waals surface area contributed by atoms with Crippen LogP contribution in [0.5, 0.6) is 0 Å². The zero-order chi connectivity index (χ0) is 16.4. The van der Waals surface area contributed by atoms with Crippen molar-refractivity contribution < 1.29 is 14.1 Å². The van der Waals surface area contributed by atoms with Crippen LogP contribution in [0.2, 0.25) is 0 Å². The van der Waals surface area contributed by atoms with E-state index in [9.17, 15) is 9.59 Å². The van der Waals surface area contributed by atoms with Crippen molar-refractivity contribution in [2.75, 3.05) is 18.5 Å². The Kier molecular flexibility index (Phi) is 4.14. The average Bonchev–Trinajstić information content (AvgIpc) is 3.13. The molecule has 2 aromatic rings. The van der Waals surface area contributed by atoms with E-state index in [4.69, 9.17) is 4.52 Å². The van der Waals surface area contributed by atoms with Gasteiger partial charge in [-0.3, -0.25) is 14.5 Å². The molecule has 1 aromatic heterocycles. The molecule has 1 aromatic carbocycles.